The average molecular weight is 268 g/mol. The number of para-hydroxylation sites is 1. The fourth-order valence-corrected chi connectivity index (χ4v) is 1.99. The van der Waals surface area contributed by atoms with Crippen LogP contribution in [-0.4, -0.2) is 12.5 Å². The van der Waals surface area contributed by atoms with Crippen LogP contribution in [0.5, 0.6) is 0 Å². The van der Waals surface area contributed by atoms with Crippen molar-refractivity contribution in [3.63, 3.8) is 0 Å². The molecule has 3 heteroatoms. The summed E-state index contributed by atoms with van der Waals surface area (Å²) < 4.78 is 0. The van der Waals surface area contributed by atoms with Crippen LogP contribution in [0.1, 0.15) is 18.9 Å². The summed E-state index contributed by atoms with van der Waals surface area (Å²) in [4.78, 5) is 11.8. The van der Waals surface area contributed by atoms with Crippen molar-refractivity contribution in [2.45, 2.75) is 19.8 Å². The molecule has 0 fully saturated rings. The van der Waals surface area contributed by atoms with Crippen LogP contribution in [0.15, 0.2) is 54.6 Å². The zero-order valence-corrected chi connectivity index (χ0v) is 11.7. The van der Waals surface area contributed by atoms with Crippen molar-refractivity contribution in [3.8, 4) is 0 Å². The minimum atomic E-state index is -0.0444. The van der Waals surface area contributed by atoms with E-state index in [-0.39, 0.29) is 12.5 Å². The summed E-state index contributed by atoms with van der Waals surface area (Å²) in [5.41, 5.74) is 3.08. The van der Waals surface area contributed by atoms with Crippen LogP contribution in [0, 0.1) is 0 Å². The van der Waals surface area contributed by atoms with E-state index in [1.54, 1.807) is 0 Å². The van der Waals surface area contributed by atoms with Crippen LogP contribution >= 0.6 is 0 Å². The van der Waals surface area contributed by atoms with Gasteiger partial charge in [-0.05, 0) is 36.2 Å². The SMILES string of the molecule is CCCc1ccc(NC(=O)CNc2ccccc2)cc1. The highest BCUT2D eigenvalue weighted by Crippen LogP contribution is 2.11. The number of rotatable bonds is 6. The first-order chi connectivity index (χ1) is 9.78. The van der Waals surface area contributed by atoms with E-state index in [4.69, 9.17) is 0 Å². The maximum atomic E-state index is 11.8. The lowest BCUT2D eigenvalue weighted by molar-refractivity contribution is -0.114. The standard InChI is InChI=1S/C17H20N2O/c1-2-6-14-9-11-16(12-10-14)19-17(20)13-18-15-7-4-3-5-8-15/h3-5,7-12,18H,2,6,13H2,1H3,(H,19,20). The summed E-state index contributed by atoms with van der Waals surface area (Å²) in [7, 11) is 0. The molecule has 2 aromatic rings. The third-order valence-electron chi connectivity index (χ3n) is 3.00. The lowest BCUT2D eigenvalue weighted by atomic mass is 10.1. The van der Waals surface area contributed by atoms with Gasteiger partial charge in [-0.2, -0.15) is 0 Å². The van der Waals surface area contributed by atoms with Crippen molar-refractivity contribution in [2.75, 3.05) is 17.2 Å². The molecule has 3 nitrogen and oxygen atoms in total. The van der Waals surface area contributed by atoms with Gasteiger partial charge in [-0.3, -0.25) is 4.79 Å². The van der Waals surface area contributed by atoms with Gasteiger partial charge in [0, 0.05) is 11.4 Å². The van der Waals surface area contributed by atoms with Gasteiger partial charge in [0.25, 0.3) is 0 Å². The van der Waals surface area contributed by atoms with Crippen LogP contribution in [-0.2, 0) is 11.2 Å². The van der Waals surface area contributed by atoms with E-state index in [0.717, 1.165) is 24.2 Å². The quantitative estimate of drug-likeness (QED) is 0.839. The van der Waals surface area contributed by atoms with E-state index < -0.39 is 0 Å². The van der Waals surface area contributed by atoms with Gasteiger partial charge in [-0.1, -0.05) is 43.7 Å². The summed E-state index contributed by atoms with van der Waals surface area (Å²) in [5, 5.41) is 5.96. The summed E-state index contributed by atoms with van der Waals surface area (Å²) >= 11 is 0. The summed E-state index contributed by atoms with van der Waals surface area (Å²) in [6.07, 6.45) is 2.20. The summed E-state index contributed by atoms with van der Waals surface area (Å²) in [6.45, 7) is 2.42. The van der Waals surface area contributed by atoms with Gasteiger partial charge in [0.1, 0.15) is 0 Å². The first-order valence-corrected chi connectivity index (χ1v) is 6.95. The van der Waals surface area contributed by atoms with Crippen molar-refractivity contribution in [1.82, 2.24) is 0 Å². The van der Waals surface area contributed by atoms with Crippen molar-refractivity contribution in [3.05, 3.63) is 60.2 Å². The second-order valence-corrected chi connectivity index (χ2v) is 4.71. The van der Waals surface area contributed by atoms with Gasteiger partial charge in [0.05, 0.1) is 6.54 Å². The normalized spacial score (nSPS) is 10.1. The van der Waals surface area contributed by atoms with E-state index in [2.05, 4.69) is 29.7 Å². The largest absolute Gasteiger partial charge is 0.376 e. The van der Waals surface area contributed by atoms with Crippen LogP contribution < -0.4 is 10.6 Å². The zero-order chi connectivity index (χ0) is 14.2. The Balaban J connectivity index is 1.82. The van der Waals surface area contributed by atoms with E-state index in [1.165, 1.54) is 5.56 Å². The van der Waals surface area contributed by atoms with Crippen LogP contribution in [0.3, 0.4) is 0 Å². The van der Waals surface area contributed by atoms with Gasteiger partial charge < -0.3 is 10.6 Å². The Bertz CT molecular complexity index is 535. The van der Waals surface area contributed by atoms with Gasteiger partial charge in [0.2, 0.25) is 5.91 Å². The minimum Gasteiger partial charge on any atom is -0.376 e. The minimum absolute atomic E-state index is 0.0444. The molecule has 0 atom stereocenters. The van der Waals surface area contributed by atoms with Gasteiger partial charge in [-0.25, -0.2) is 0 Å². The Morgan fingerprint density at radius 3 is 2.30 bits per heavy atom. The predicted octanol–water partition coefficient (Wildman–Crippen LogP) is 3.69. The number of anilines is 2. The van der Waals surface area contributed by atoms with E-state index in [0.29, 0.717) is 0 Å². The molecule has 0 aliphatic carbocycles. The molecular formula is C17H20N2O. The molecule has 0 aliphatic rings. The molecule has 0 aromatic heterocycles. The Morgan fingerprint density at radius 2 is 1.65 bits per heavy atom. The molecule has 2 aromatic carbocycles. The summed E-state index contributed by atoms with van der Waals surface area (Å²) in [5.74, 6) is -0.0444. The number of nitrogens with one attached hydrogen (secondary N) is 2. The third-order valence-corrected chi connectivity index (χ3v) is 3.00. The molecule has 0 heterocycles. The number of hydrogen-bond donors (Lipinski definition) is 2. The first kappa shape index (κ1) is 14.1. The van der Waals surface area contributed by atoms with Crippen molar-refractivity contribution in [1.29, 1.82) is 0 Å². The highest BCUT2D eigenvalue weighted by molar-refractivity contribution is 5.93. The lowest BCUT2D eigenvalue weighted by Crippen LogP contribution is -2.21. The average Bonchev–Trinajstić information content (AvgIpc) is 2.49. The second-order valence-electron chi connectivity index (χ2n) is 4.71. The highest BCUT2D eigenvalue weighted by Gasteiger charge is 2.02. The number of amides is 1. The van der Waals surface area contributed by atoms with Crippen molar-refractivity contribution < 1.29 is 4.79 Å². The predicted molar refractivity (Wildman–Crippen MR) is 84.0 cm³/mol. The fourth-order valence-electron chi connectivity index (χ4n) is 1.99. The molecule has 0 aliphatic heterocycles. The Morgan fingerprint density at radius 1 is 0.950 bits per heavy atom. The van der Waals surface area contributed by atoms with Crippen molar-refractivity contribution >= 4 is 17.3 Å². The van der Waals surface area contributed by atoms with Crippen LogP contribution in [0.25, 0.3) is 0 Å². The smallest absolute Gasteiger partial charge is 0.243 e. The van der Waals surface area contributed by atoms with E-state index >= 15 is 0 Å². The van der Waals surface area contributed by atoms with E-state index in [9.17, 15) is 4.79 Å². The molecular weight excluding hydrogens is 248 g/mol. The molecule has 0 radical (unpaired) electrons. The Hall–Kier alpha value is -2.29. The Kier molecular flexibility index (Phi) is 5.18. The fraction of sp³-hybridized carbons (Fsp3) is 0.235. The number of aryl methyl sites for hydroxylation is 1. The molecule has 2 rings (SSSR count). The first-order valence-electron chi connectivity index (χ1n) is 6.95. The maximum Gasteiger partial charge on any atom is 0.243 e. The molecule has 0 unspecified atom stereocenters. The van der Waals surface area contributed by atoms with Gasteiger partial charge in [-0.15, -0.1) is 0 Å². The molecule has 2 N–H and O–H groups in total. The molecule has 0 saturated heterocycles. The van der Waals surface area contributed by atoms with Crippen LogP contribution in [0.4, 0.5) is 11.4 Å². The molecule has 0 saturated carbocycles. The number of benzene rings is 2. The highest BCUT2D eigenvalue weighted by atomic mass is 16.1. The maximum absolute atomic E-state index is 11.8. The molecule has 104 valence electrons. The van der Waals surface area contributed by atoms with Gasteiger partial charge in [0.15, 0.2) is 0 Å². The number of carbonyl (C=O) groups is 1. The molecule has 0 spiro atoms. The summed E-state index contributed by atoms with van der Waals surface area (Å²) in [6, 6.07) is 17.7. The topological polar surface area (TPSA) is 41.1 Å². The number of carbonyl (C=O) groups excluding carboxylic acids is 1. The Labute approximate surface area is 120 Å². The zero-order valence-electron chi connectivity index (χ0n) is 11.7. The third kappa shape index (κ3) is 4.43. The second kappa shape index (κ2) is 7.34. The molecule has 20 heavy (non-hydrogen) atoms. The van der Waals surface area contributed by atoms with Crippen LogP contribution in [0.2, 0.25) is 0 Å². The van der Waals surface area contributed by atoms with Gasteiger partial charge >= 0.3 is 0 Å². The van der Waals surface area contributed by atoms with E-state index in [1.807, 2.05) is 42.5 Å². The lowest BCUT2D eigenvalue weighted by Gasteiger charge is -2.08. The van der Waals surface area contributed by atoms with Crippen molar-refractivity contribution in [2.24, 2.45) is 0 Å². The molecule has 0 bridgehead atoms. The monoisotopic (exact) mass is 268 g/mol. The molecule has 1 amide bonds. The number of hydrogen-bond acceptors (Lipinski definition) is 2.